The van der Waals surface area contributed by atoms with E-state index >= 15 is 0 Å². The molecule has 19 heavy (non-hydrogen) atoms. The highest BCUT2D eigenvalue weighted by molar-refractivity contribution is 6.33. The van der Waals surface area contributed by atoms with Gasteiger partial charge in [-0.25, -0.2) is 4.79 Å². The molecule has 4 N–H and O–H groups in total. The first-order valence-electron chi connectivity index (χ1n) is 5.99. The number of amides is 1. The maximum atomic E-state index is 11.9. The number of nitrogens with two attached hydrogens (primary N) is 1. The van der Waals surface area contributed by atoms with Crippen molar-refractivity contribution in [3.05, 3.63) is 28.8 Å². The minimum Gasteiger partial charge on any atom is -0.478 e. The van der Waals surface area contributed by atoms with Crippen LogP contribution in [0.15, 0.2) is 18.2 Å². The molecule has 1 aromatic carbocycles. The van der Waals surface area contributed by atoms with E-state index in [1.807, 2.05) is 0 Å². The molecule has 0 radical (unpaired) electrons. The average Bonchev–Trinajstić information content (AvgIpc) is 2.38. The van der Waals surface area contributed by atoms with Gasteiger partial charge in [-0.3, -0.25) is 4.79 Å². The van der Waals surface area contributed by atoms with Crippen molar-refractivity contribution in [2.24, 2.45) is 11.7 Å². The van der Waals surface area contributed by atoms with Gasteiger partial charge in [-0.1, -0.05) is 18.5 Å². The number of rotatable bonds is 6. The van der Waals surface area contributed by atoms with E-state index in [9.17, 15) is 9.59 Å². The van der Waals surface area contributed by atoms with Crippen LogP contribution in [0.25, 0.3) is 0 Å². The molecule has 0 aromatic heterocycles. The van der Waals surface area contributed by atoms with E-state index in [1.54, 1.807) is 6.92 Å². The smallest absolute Gasteiger partial charge is 0.335 e. The van der Waals surface area contributed by atoms with Crippen LogP contribution < -0.4 is 11.1 Å². The second-order valence-electron chi connectivity index (χ2n) is 4.32. The molecule has 1 aromatic rings. The van der Waals surface area contributed by atoms with Gasteiger partial charge in [0.1, 0.15) is 0 Å². The zero-order chi connectivity index (χ0) is 14.4. The number of hydrogen-bond donors (Lipinski definition) is 3. The van der Waals surface area contributed by atoms with Gasteiger partial charge < -0.3 is 16.2 Å². The molecule has 0 spiro atoms. The lowest BCUT2D eigenvalue weighted by atomic mass is 10.0. The minimum atomic E-state index is -1.07. The highest BCUT2D eigenvalue weighted by atomic mass is 35.5. The van der Waals surface area contributed by atoms with Crippen LogP contribution in [0.5, 0.6) is 0 Å². The summed E-state index contributed by atoms with van der Waals surface area (Å²) in [5.41, 5.74) is 5.78. The van der Waals surface area contributed by atoms with Crippen molar-refractivity contribution in [1.29, 1.82) is 0 Å². The Morgan fingerprint density at radius 1 is 1.47 bits per heavy atom. The Morgan fingerprint density at radius 2 is 2.16 bits per heavy atom. The topological polar surface area (TPSA) is 92.4 Å². The Morgan fingerprint density at radius 3 is 2.74 bits per heavy atom. The molecule has 6 heteroatoms. The average molecular weight is 285 g/mol. The van der Waals surface area contributed by atoms with Crippen LogP contribution >= 0.6 is 11.6 Å². The number of hydrogen-bond acceptors (Lipinski definition) is 3. The summed E-state index contributed by atoms with van der Waals surface area (Å²) in [6.45, 7) is 2.33. The standard InChI is InChI=1S/C13H17ClN2O3/c1-8(3-2-6-15)12(17)16-11-7-9(13(18)19)4-5-10(11)14/h4-5,7-8H,2-3,6,15H2,1H3,(H,16,17)(H,18,19). The van der Waals surface area contributed by atoms with Gasteiger partial charge in [0.15, 0.2) is 0 Å². The first-order chi connectivity index (χ1) is 8.95. The highest BCUT2D eigenvalue weighted by Crippen LogP contribution is 2.24. The van der Waals surface area contributed by atoms with E-state index in [0.29, 0.717) is 23.7 Å². The van der Waals surface area contributed by atoms with Crippen molar-refractivity contribution >= 4 is 29.2 Å². The fourth-order valence-corrected chi connectivity index (χ4v) is 1.73. The summed E-state index contributed by atoms with van der Waals surface area (Å²) < 4.78 is 0. The van der Waals surface area contributed by atoms with E-state index < -0.39 is 5.97 Å². The Hall–Kier alpha value is -1.59. The van der Waals surface area contributed by atoms with Crippen LogP contribution in [-0.2, 0) is 4.79 Å². The molecular formula is C13H17ClN2O3. The molecule has 0 aliphatic rings. The first kappa shape index (κ1) is 15.5. The lowest BCUT2D eigenvalue weighted by Gasteiger charge is -2.13. The summed E-state index contributed by atoms with van der Waals surface area (Å²) in [7, 11) is 0. The van der Waals surface area contributed by atoms with Crippen molar-refractivity contribution in [1.82, 2.24) is 0 Å². The molecule has 1 amide bonds. The molecule has 0 bridgehead atoms. The second-order valence-corrected chi connectivity index (χ2v) is 4.73. The quantitative estimate of drug-likeness (QED) is 0.747. The number of nitrogens with one attached hydrogen (secondary N) is 1. The molecule has 0 fully saturated rings. The second kappa shape index (κ2) is 7.11. The fraction of sp³-hybridized carbons (Fsp3) is 0.385. The summed E-state index contributed by atoms with van der Waals surface area (Å²) >= 11 is 5.93. The number of carboxylic acid groups (broad SMARTS) is 1. The van der Waals surface area contributed by atoms with Crippen LogP contribution in [-0.4, -0.2) is 23.5 Å². The van der Waals surface area contributed by atoms with Crippen LogP contribution in [0, 0.1) is 5.92 Å². The van der Waals surface area contributed by atoms with Crippen molar-refractivity contribution in [3.8, 4) is 0 Å². The van der Waals surface area contributed by atoms with Crippen LogP contribution in [0.2, 0.25) is 5.02 Å². The molecule has 0 heterocycles. The molecule has 1 rings (SSSR count). The third-order valence-electron chi connectivity index (χ3n) is 2.76. The predicted octanol–water partition coefficient (Wildman–Crippen LogP) is 2.35. The molecule has 1 unspecified atom stereocenters. The number of halogens is 1. The van der Waals surface area contributed by atoms with Crippen molar-refractivity contribution in [2.45, 2.75) is 19.8 Å². The number of aromatic carboxylic acids is 1. The lowest BCUT2D eigenvalue weighted by Crippen LogP contribution is -2.21. The summed E-state index contributed by atoms with van der Waals surface area (Å²) in [6, 6.07) is 4.18. The van der Waals surface area contributed by atoms with Crippen molar-refractivity contribution in [2.75, 3.05) is 11.9 Å². The molecule has 104 valence electrons. The number of carbonyl (C=O) groups is 2. The van der Waals surface area contributed by atoms with Crippen molar-refractivity contribution < 1.29 is 14.7 Å². The third kappa shape index (κ3) is 4.54. The maximum absolute atomic E-state index is 11.9. The van der Waals surface area contributed by atoms with E-state index in [2.05, 4.69) is 5.32 Å². The Bertz CT molecular complexity index is 477. The molecule has 0 saturated carbocycles. The van der Waals surface area contributed by atoms with E-state index in [1.165, 1.54) is 18.2 Å². The number of anilines is 1. The third-order valence-corrected chi connectivity index (χ3v) is 3.09. The van der Waals surface area contributed by atoms with Gasteiger partial charge in [-0.15, -0.1) is 0 Å². The molecule has 0 aliphatic carbocycles. The zero-order valence-corrected chi connectivity index (χ0v) is 11.4. The van der Waals surface area contributed by atoms with Crippen LogP contribution in [0.3, 0.4) is 0 Å². The Balaban J connectivity index is 2.78. The van der Waals surface area contributed by atoms with E-state index in [4.69, 9.17) is 22.4 Å². The zero-order valence-electron chi connectivity index (χ0n) is 10.6. The van der Waals surface area contributed by atoms with E-state index in [0.717, 1.165) is 6.42 Å². The van der Waals surface area contributed by atoms with Gasteiger partial charge in [-0.2, -0.15) is 0 Å². The van der Waals surface area contributed by atoms with Gasteiger partial charge >= 0.3 is 5.97 Å². The number of carbonyl (C=O) groups excluding carboxylic acids is 1. The van der Waals surface area contributed by atoms with Gasteiger partial charge in [0.2, 0.25) is 5.91 Å². The summed E-state index contributed by atoms with van der Waals surface area (Å²) in [4.78, 5) is 22.7. The summed E-state index contributed by atoms with van der Waals surface area (Å²) in [5, 5.41) is 11.8. The Labute approximate surface area is 116 Å². The van der Waals surface area contributed by atoms with Crippen LogP contribution in [0.4, 0.5) is 5.69 Å². The van der Waals surface area contributed by atoms with Crippen LogP contribution in [0.1, 0.15) is 30.1 Å². The number of benzene rings is 1. The summed E-state index contributed by atoms with van der Waals surface area (Å²) in [6.07, 6.45) is 1.44. The maximum Gasteiger partial charge on any atom is 0.335 e. The highest BCUT2D eigenvalue weighted by Gasteiger charge is 2.15. The number of carboxylic acids is 1. The molecule has 1 atom stereocenters. The fourth-order valence-electron chi connectivity index (χ4n) is 1.57. The van der Waals surface area contributed by atoms with Crippen molar-refractivity contribution in [3.63, 3.8) is 0 Å². The van der Waals surface area contributed by atoms with Gasteiger partial charge in [0, 0.05) is 5.92 Å². The SMILES string of the molecule is CC(CCCN)C(=O)Nc1cc(C(=O)O)ccc1Cl. The van der Waals surface area contributed by atoms with Gasteiger partial charge in [0.25, 0.3) is 0 Å². The lowest BCUT2D eigenvalue weighted by molar-refractivity contribution is -0.119. The molecule has 5 nitrogen and oxygen atoms in total. The normalized spacial score (nSPS) is 11.9. The first-order valence-corrected chi connectivity index (χ1v) is 6.37. The molecule has 0 saturated heterocycles. The largest absolute Gasteiger partial charge is 0.478 e. The Kier molecular flexibility index (Phi) is 5.79. The predicted molar refractivity (Wildman–Crippen MR) is 74.5 cm³/mol. The monoisotopic (exact) mass is 284 g/mol. The molecule has 0 aliphatic heterocycles. The van der Waals surface area contributed by atoms with E-state index in [-0.39, 0.29) is 17.4 Å². The van der Waals surface area contributed by atoms with Gasteiger partial charge in [0.05, 0.1) is 16.3 Å². The minimum absolute atomic E-state index is 0.0781. The molecular weight excluding hydrogens is 268 g/mol. The van der Waals surface area contributed by atoms with Gasteiger partial charge in [-0.05, 0) is 37.6 Å². The summed E-state index contributed by atoms with van der Waals surface area (Å²) in [5.74, 6) is -1.46.